The Labute approximate surface area is 122 Å². The third kappa shape index (κ3) is 5.66. The molecular formula is C12H18N2O6S. The second-order valence-corrected chi connectivity index (χ2v) is 6.34. The molecule has 0 atom stereocenters. The Bertz CT molecular complexity index is 587. The van der Waals surface area contributed by atoms with Gasteiger partial charge in [-0.1, -0.05) is 0 Å². The van der Waals surface area contributed by atoms with Crippen LogP contribution in [0.3, 0.4) is 0 Å². The molecule has 1 aromatic carbocycles. The van der Waals surface area contributed by atoms with Gasteiger partial charge in [-0.15, -0.1) is 0 Å². The van der Waals surface area contributed by atoms with E-state index in [0.29, 0.717) is 19.6 Å². The zero-order valence-corrected chi connectivity index (χ0v) is 12.4. The molecule has 118 valence electrons. The highest BCUT2D eigenvalue weighted by Crippen LogP contribution is 2.27. The third-order valence-corrected chi connectivity index (χ3v) is 3.72. The maximum atomic E-state index is 11.4. The van der Waals surface area contributed by atoms with Gasteiger partial charge in [0.2, 0.25) is 0 Å². The molecule has 0 amide bonds. The van der Waals surface area contributed by atoms with Gasteiger partial charge < -0.3 is 15.2 Å². The van der Waals surface area contributed by atoms with Gasteiger partial charge in [-0.25, -0.2) is 8.42 Å². The lowest BCUT2D eigenvalue weighted by Gasteiger charge is -2.08. The first kappa shape index (κ1) is 17.3. The van der Waals surface area contributed by atoms with Crippen LogP contribution in [0.1, 0.15) is 6.42 Å². The first-order valence-electron chi connectivity index (χ1n) is 6.27. The second-order valence-electron chi connectivity index (χ2n) is 4.32. The van der Waals surface area contributed by atoms with E-state index in [9.17, 15) is 18.5 Å². The Morgan fingerprint density at radius 3 is 2.67 bits per heavy atom. The quantitative estimate of drug-likeness (QED) is 0.393. The number of hydrogen-bond donors (Lipinski definition) is 2. The summed E-state index contributed by atoms with van der Waals surface area (Å²) in [5, 5.41) is 22.4. The first-order chi connectivity index (χ1) is 9.86. The summed E-state index contributed by atoms with van der Waals surface area (Å²) in [7, 11) is -3.49. The van der Waals surface area contributed by atoms with Crippen molar-refractivity contribution in [3.63, 3.8) is 0 Å². The van der Waals surface area contributed by atoms with Crippen LogP contribution in [-0.4, -0.2) is 51.1 Å². The Kier molecular flexibility index (Phi) is 6.53. The zero-order valence-electron chi connectivity index (χ0n) is 11.6. The van der Waals surface area contributed by atoms with Gasteiger partial charge in [-0.05, 0) is 18.6 Å². The molecule has 9 heteroatoms. The number of rotatable bonds is 9. The normalized spacial score (nSPS) is 11.3. The number of aliphatic hydroxyl groups is 1. The molecule has 0 unspecified atom stereocenters. The summed E-state index contributed by atoms with van der Waals surface area (Å²) in [5.74, 6) is 0. The van der Waals surface area contributed by atoms with E-state index in [2.05, 4.69) is 5.32 Å². The minimum Gasteiger partial charge on any atom is -0.394 e. The summed E-state index contributed by atoms with van der Waals surface area (Å²) < 4.78 is 27.9. The van der Waals surface area contributed by atoms with Gasteiger partial charge >= 0.3 is 0 Å². The summed E-state index contributed by atoms with van der Waals surface area (Å²) in [5.41, 5.74) is -0.0243. The fourth-order valence-corrected chi connectivity index (χ4v) is 2.25. The molecule has 21 heavy (non-hydrogen) atoms. The molecule has 0 saturated carbocycles. The molecule has 0 aromatic heterocycles. The van der Waals surface area contributed by atoms with Gasteiger partial charge in [0.15, 0.2) is 9.84 Å². The van der Waals surface area contributed by atoms with Crippen LogP contribution in [0.15, 0.2) is 23.1 Å². The van der Waals surface area contributed by atoms with E-state index in [1.54, 1.807) is 0 Å². The second kappa shape index (κ2) is 7.91. The lowest BCUT2D eigenvalue weighted by Crippen LogP contribution is -2.09. The fourth-order valence-electron chi connectivity index (χ4n) is 1.61. The van der Waals surface area contributed by atoms with E-state index in [-0.39, 0.29) is 29.5 Å². The van der Waals surface area contributed by atoms with Gasteiger partial charge in [-0.2, -0.15) is 0 Å². The maximum absolute atomic E-state index is 11.4. The summed E-state index contributed by atoms with van der Waals surface area (Å²) in [6.07, 6.45) is 1.60. The number of aliphatic hydroxyl groups excluding tert-OH is 1. The van der Waals surface area contributed by atoms with Crippen molar-refractivity contribution in [1.29, 1.82) is 0 Å². The van der Waals surface area contributed by atoms with Crippen molar-refractivity contribution >= 4 is 21.2 Å². The molecule has 1 rings (SSSR count). The molecule has 0 fully saturated rings. The van der Waals surface area contributed by atoms with E-state index in [1.165, 1.54) is 12.1 Å². The van der Waals surface area contributed by atoms with Gasteiger partial charge in [0.1, 0.15) is 5.69 Å². The van der Waals surface area contributed by atoms with Gasteiger partial charge in [0.05, 0.1) is 23.0 Å². The Hall–Kier alpha value is -1.71. The number of nitro groups is 1. The van der Waals surface area contributed by atoms with Crippen LogP contribution in [0, 0.1) is 10.1 Å². The largest absolute Gasteiger partial charge is 0.394 e. The van der Waals surface area contributed by atoms with Crippen molar-refractivity contribution in [3.8, 4) is 0 Å². The van der Waals surface area contributed by atoms with E-state index in [0.717, 1.165) is 12.3 Å². The standard InChI is InChI=1S/C12H18N2O6S/c1-21(18,19)10-3-4-11(12(9-10)14(16)17)13-5-2-7-20-8-6-15/h3-4,9,13,15H,2,5-8H2,1H3. The average molecular weight is 318 g/mol. The molecule has 0 aliphatic rings. The van der Waals surface area contributed by atoms with Crippen LogP contribution in [0.2, 0.25) is 0 Å². The number of benzene rings is 1. The van der Waals surface area contributed by atoms with Crippen molar-refractivity contribution in [3.05, 3.63) is 28.3 Å². The minimum atomic E-state index is -3.49. The molecule has 0 spiro atoms. The number of anilines is 1. The summed E-state index contributed by atoms with van der Waals surface area (Å²) >= 11 is 0. The fraction of sp³-hybridized carbons (Fsp3) is 0.500. The van der Waals surface area contributed by atoms with Crippen LogP contribution in [0.4, 0.5) is 11.4 Å². The molecular weight excluding hydrogens is 300 g/mol. The van der Waals surface area contributed by atoms with Crippen molar-refractivity contribution in [1.82, 2.24) is 0 Å². The number of ether oxygens (including phenoxy) is 1. The first-order valence-corrected chi connectivity index (χ1v) is 8.16. The maximum Gasteiger partial charge on any atom is 0.293 e. The van der Waals surface area contributed by atoms with E-state index in [1.807, 2.05) is 0 Å². The van der Waals surface area contributed by atoms with Crippen LogP contribution in [0.25, 0.3) is 0 Å². The Morgan fingerprint density at radius 2 is 2.10 bits per heavy atom. The summed E-state index contributed by atoms with van der Waals surface area (Å²) in [6.45, 7) is 1.06. The van der Waals surface area contributed by atoms with E-state index < -0.39 is 14.8 Å². The summed E-state index contributed by atoms with van der Waals surface area (Å²) in [6, 6.07) is 3.75. The van der Waals surface area contributed by atoms with Gasteiger partial charge in [0, 0.05) is 25.5 Å². The van der Waals surface area contributed by atoms with Gasteiger partial charge in [-0.3, -0.25) is 10.1 Å². The minimum absolute atomic E-state index is 0.0497. The molecule has 0 heterocycles. The van der Waals surface area contributed by atoms with E-state index >= 15 is 0 Å². The number of nitrogens with one attached hydrogen (secondary N) is 1. The highest BCUT2D eigenvalue weighted by atomic mass is 32.2. The van der Waals surface area contributed by atoms with Gasteiger partial charge in [0.25, 0.3) is 5.69 Å². The molecule has 2 N–H and O–H groups in total. The van der Waals surface area contributed by atoms with Crippen LogP contribution < -0.4 is 5.32 Å². The highest BCUT2D eigenvalue weighted by Gasteiger charge is 2.18. The van der Waals surface area contributed by atoms with Crippen molar-refractivity contribution in [2.45, 2.75) is 11.3 Å². The highest BCUT2D eigenvalue weighted by molar-refractivity contribution is 7.90. The SMILES string of the molecule is CS(=O)(=O)c1ccc(NCCCOCCO)c([N+](=O)[O-])c1. The average Bonchev–Trinajstić information content (AvgIpc) is 2.41. The van der Waals surface area contributed by atoms with Crippen LogP contribution in [0.5, 0.6) is 0 Å². The molecule has 0 saturated heterocycles. The predicted molar refractivity (Wildman–Crippen MR) is 77.2 cm³/mol. The number of sulfone groups is 1. The molecule has 0 aliphatic carbocycles. The summed E-state index contributed by atoms with van der Waals surface area (Å²) in [4.78, 5) is 10.3. The van der Waals surface area contributed by atoms with Crippen molar-refractivity contribution < 1.29 is 23.2 Å². The molecule has 1 aromatic rings. The molecule has 0 bridgehead atoms. The zero-order chi connectivity index (χ0) is 15.9. The molecule has 0 radical (unpaired) electrons. The molecule has 0 aliphatic heterocycles. The van der Waals surface area contributed by atoms with Crippen LogP contribution >= 0.6 is 0 Å². The number of hydrogen-bond acceptors (Lipinski definition) is 7. The lowest BCUT2D eigenvalue weighted by atomic mass is 10.2. The topological polar surface area (TPSA) is 119 Å². The third-order valence-electron chi connectivity index (χ3n) is 2.61. The van der Waals surface area contributed by atoms with E-state index in [4.69, 9.17) is 9.84 Å². The molecule has 8 nitrogen and oxygen atoms in total. The lowest BCUT2D eigenvalue weighted by molar-refractivity contribution is -0.384. The number of nitrogens with zero attached hydrogens (tertiary/aromatic N) is 1. The van der Waals surface area contributed by atoms with Crippen molar-refractivity contribution in [2.24, 2.45) is 0 Å². The van der Waals surface area contributed by atoms with Crippen LogP contribution in [-0.2, 0) is 14.6 Å². The monoisotopic (exact) mass is 318 g/mol. The smallest absolute Gasteiger partial charge is 0.293 e. The predicted octanol–water partition coefficient (Wildman–Crippen LogP) is 0.809. The number of nitro benzene ring substituents is 1. The van der Waals surface area contributed by atoms with Crippen molar-refractivity contribution in [2.75, 3.05) is 37.9 Å². The Morgan fingerprint density at radius 1 is 1.38 bits per heavy atom. The Balaban J connectivity index is 2.72.